The Balaban J connectivity index is 2.17. The SMILES string of the molecule is CN1CC=CC=C1C1c2c(c(=C(C#N)C#N)ccc2=C(C#N)C#N)C1c1ccccn1. The Morgan fingerprint density at radius 2 is 1.52 bits per heavy atom. The van der Waals surface area contributed by atoms with Crippen LogP contribution in [0.4, 0.5) is 0 Å². The van der Waals surface area contributed by atoms with Crippen molar-refractivity contribution in [3.63, 3.8) is 0 Å². The van der Waals surface area contributed by atoms with Crippen LogP contribution in [0.5, 0.6) is 0 Å². The molecule has 1 aromatic carbocycles. The van der Waals surface area contributed by atoms with E-state index < -0.39 is 0 Å². The maximum absolute atomic E-state index is 9.55. The zero-order chi connectivity index (χ0) is 22.0. The van der Waals surface area contributed by atoms with Crippen LogP contribution in [0.2, 0.25) is 0 Å². The maximum Gasteiger partial charge on any atom is 0.137 e. The van der Waals surface area contributed by atoms with Gasteiger partial charge in [-0.1, -0.05) is 30.4 Å². The standard InChI is InChI=1S/C25H16N6/c1-31-11-5-3-7-21(31)25-23-19(17(14-28)15-29)9-8-18(16(12-26)13-27)22(23)24(25)20-6-2-4-10-30-20/h2-10,24-25H,11H2,1H3. The molecule has 0 radical (unpaired) electrons. The fourth-order valence-corrected chi connectivity index (χ4v) is 4.43. The van der Waals surface area contributed by atoms with E-state index in [9.17, 15) is 21.0 Å². The number of benzene rings is 1. The summed E-state index contributed by atoms with van der Waals surface area (Å²) in [5, 5.41) is 39.3. The molecule has 31 heavy (non-hydrogen) atoms. The second kappa shape index (κ2) is 8.00. The molecule has 0 spiro atoms. The van der Waals surface area contributed by atoms with Gasteiger partial charge in [-0.05, 0) is 29.3 Å². The molecule has 2 aliphatic rings. The van der Waals surface area contributed by atoms with Gasteiger partial charge in [-0.15, -0.1) is 0 Å². The van der Waals surface area contributed by atoms with E-state index >= 15 is 0 Å². The highest BCUT2D eigenvalue weighted by Gasteiger charge is 2.45. The average molecular weight is 400 g/mol. The van der Waals surface area contributed by atoms with Crippen LogP contribution < -0.4 is 10.4 Å². The van der Waals surface area contributed by atoms with Crippen LogP contribution in [0, 0.1) is 45.3 Å². The number of pyridine rings is 1. The lowest BCUT2D eigenvalue weighted by molar-refractivity contribution is 0.384. The molecule has 0 saturated carbocycles. The summed E-state index contributed by atoms with van der Waals surface area (Å²) < 4.78 is 0. The van der Waals surface area contributed by atoms with Crippen LogP contribution in [-0.2, 0) is 0 Å². The molecule has 0 saturated heterocycles. The number of fused-ring (bicyclic) bond motifs is 1. The molecule has 0 fully saturated rings. The van der Waals surface area contributed by atoms with E-state index in [0.29, 0.717) is 10.4 Å². The number of aromatic nitrogens is 1. The third-order valence-electron chi connectivity index (χ3n) is 5.78. The van der Waals surface area contributed by atoms with Crippen LogP contribution in [0.25, 0.3) is 11.1 Å². The molecule has 2 atom stereocenters. The van der Waals surface area contributed by atoms with Crippen LogP contribution >= 0.6 is 0 Å². The molecule has 4 rings (SSSR count). The summed E-state index contributed by atoms with van der Waals surface area (Å²) in [4.78, 5) is 6.68. The lowest BCUT2D eigenvalue weighted by Gasteiger charge is -2.44. The topological polar surface area (TPSA) is 111 Å². The van der Waals surface area contributed by atoms with Crippen molar-refractivity contribution in [2.45, 2.75) is 11.8 Å². The molecule has 146 valence electrons. The van der Waals surface area contributed by atoms with E-state index in [1.54, 1.807) is 18.3 Å². The van der Waals surface area contributed by atoms with Crippen LogP contribution in [0.15, 0.2) is 60.5 Å². The Hall–Kier alpha value is -4.65. The fourth-order valence-electron chi connectivity index (χ4n) is 4.43. The summed E-state index contributed by atoms with van der Waals surface area (Å²) in [7, 11) is 1.99. The van der Waals surface area contributed by atoms with Gasteiger partial charge >= 0.3 is 0 Å². The van der Waals surface area contributed by atoms with Crippen molar-refractivity contribution >= 4 is 11.1 Å². The highest BCUT2D eigenvalue weighted by molar-refractivity contribution is 5.78. The zero-order valence-corrected chi connectivity index (χ0v) is 16.7. The number of hydrogen-bond acceptors (Lipinski definition) is 6. The Bertz CT molecular complexity index is 1390. The quantitative estimate of drug-likeness (QED) is 0.763. The predicted molar refractivity (Wildman–Crippen MR) is 114 cm³/mol. The molecule has 1 aliphatic carbocycles. The summed E-state index contributed by atoms with van der Waals surface area (Å²) in [6.07, 6.45) is 7.79. The summed E-state index contributed by atoms with van der Waals surface area (Å²) in [5.74, 6) is -0.369. The highest BCUT2D eigenvalue weighted by atomic mass is 15.1. The number of rotatable bonds is 2. The van der Waals surface area contributed by atoms with Crippen LogP contribution in [0.3, 0.4) is 0 Å². The number of likely N-dealkylation sites (N-methyl/N-ethyl adjacent to an activating group) is 1. The molecule has 0 N–H and O–H groups in total. The van der Waals surface area contributed by atoms with E-state index in [0.717, 1.165) is 29.1 Å². The molecule has 0 amide bonds. The average Bonchev–Trinajstić information content (AvgIpc) is 2.79. The highest BCUT2D eigenvalue weighted by Crippen LogP contribution is 2.51. The van der Waals surface area contributed by atoms with Crippen molar-refractivity contribution in [1.82, 2.24) is 9.88 Å². The van der Waals surface area contributed by atoms with Gasteiger partial charge in [-0.2, -0.15) is 21.0 Å². The molecule has 1 aliphatic heterocycles. The number of hydrogen-bond donors (Lipinski definition) is 0. The molecule has 6 heteroatoms. The van der Waals surface area contributed by atoms with E-state index in [4.69, 9.17) is 0 Å². The first kappa shape index (κ1) is 19.7. The van der Waals surface area contributed by atoms with Gasteiger partial charge in [0.05, 0.1) is 0 Å². The van der Waals surface area contributed by atoms with Crippen molar-refractivity contribution < 1.29 is 0 Å². The third-order valence-corrected chi connectivity index (χ3v) is 5.78. The van der Waals surface area contributed by atoms with Gasteiger partial charge in [0.25, 0.3) is 0 Å². The summed E-state index contributed by atoms with van der Waals surface area (Å²) in [6.45, 7) is 0.739. The normalized spacial score (nSPS) is 18.2. The van der Waals surface area contributed by atoms with Gasteiger partial charge in [-0.25, -0.2) is 0 Å². The lowest BCUT2D eigenvalue weighted by atomic mass is 9.62. The smallest absolute Gasteiger partial charge is 0.137 e. The first-order valence-corrected chi connectivity index (χ1v) is 9.66. The number of nitriles is 4. The van der Waals surface area contributed by atoms with E-state index in [1.165, 1.54) is 0 Å². The van der Waals surface area contributed by atoms with Gasteiger partial charge in [0.15, 0.2) is 0 Å². The molecular formula is C25H16N6. The van der Waals surface area contributed by atoms with Crippen molar-refractivity contribution in [1.29, 1.82) is 21.0 Å². The molecule has 1 aromatic heterocycles. The Labute approximate surface area is 179 Å². The van der Waals surface area contributed by atoms with Gasteiger partial charge in [0, 0.05) is 53.5 Å². The minimum absolute atomic E-state index is 0.00326. The summed E-state index contributed by atoms with van der Waals surface area (Å²) >= 11 is 0. The van der Waals surface area contributed by atoms with E-state index in [-0.39, 0.29) is 23.0 Å². The second-order valence-corrected chi connectivity index (χ2v) is 7.30. The van der Waals surface area contributed by atoms with Crippen molar-refractivity contribution in [3.05, 3.63) is 87.7 Å². The van der Waals surface area contributed by atoms with Gasteiger partial charge in [0.2, 0.25) is 0 Å². The number of nitrogens with zero attached hydrogens (tertiary/aromatic N) is 6. The maximum atomic E-state index is 9.55. The van der Waals surface area contributed by atoms with Crippen molar-refractivity contribution in [3.8, 4) is 24.3 Å². The first-order chi connectivity index (χ1) is 15.2. The Kier molecular flexibility index (Phi) is 5.07. The zero-order valence-electron chi connectivity index (χ0n) is 16.7. The minimum Gasteiger partial charge on any atom is -0.374 e. The molecule has 6 nitrogen and oxygen atoms in total. The van der Waals surface area contributed by atoms with Crippen LogP contribution in [-0.4, -0.2) is 23.5 Å². The largest absolute Gasteiger partial charge is 0.374 e. The van der Waals surface area contributed by atoms with Gasteiger partial charge in [-0.3, -0.25) is 4.98 Å². The Morgan fingerprint density at radius 1 is 0.903 bits per heavy atom. The molecular weight excluding hydrogens is 384 g/mol. The molecule has 2 unspecified atom stereocenters. The van der Waals surface area contributed by atoms with Gasteiger partial charge < -0.3 is 4.90 Å². The third kappa shape index (κ3) is 3.05. The fraction of sp³-hybridized carbons (Fsp3) is 0.160. The van der Waals surface area contributed by atoms with E-state index in [2.05, 4.69) is 16.0 Å². The minimum atomic E-state index is -0.207. The monoisotopic (exact) mass is 400 g/mol. The van der Waals surface area contributed by atoms with Crippen molar-refractivity contribution in [2.24, 2.45) is 0 Å². The first-order valence-electron chi connectivity index (χ1n) is 9.66. The summed E-state index contributed by atoms with van der Waals surface area (Å²) in [5.41, 5.74) is 3.46. The molecule has 2 heterocycles. The molecule has 2 aromatic rings. The Morgan fingerprint density at radius 3 is 2.03 bits per heavy atom. The van der Waals surface area contributed by atoms with Crippen molar-refractivity contribution in [2.75, 3.05) is 13.6 Å². The van der Waals surface area contributed by atoms with Gasteiger partial charge in [0.1, 0.15) is 35.4 Å². The lowest BCUT2D eigenvalue weighted by Crippen LogP contribution is -2.43. The van der Waals surface area contributed by atoms with Crippen LogP contribution in [0.1, 0.15) is 28.7 Å². The summed E-state index contributed by atoms with van der Waals surface area (Å²) in [6, 6.07) is 17.0. The second-order valence-electron chi connectivity index (χ2n) is 7.30. The van der Waals surface area contributed by atoms with E-state index in [1.807, 2.05) is 61.7 Å². The predicted octanol–water partition coefficient (Wildman–Crippen LogP) is 2.09. The number of allylic oxidation sites excluding steroid dienone is 3. The molecule has 0 bridgehead atoms.